The Morgan fingerprint density at radius 2 is 2.35 bits per heavy atom. The first kappa shape index (κ1) is 13.4. The van der Waals surface area contributed by atoms with Gasteiger partial charge in [-0.2, -0.15) is 5.48 Å². The standard InChI is InChI=1S/C15H21N3O2/c1-9-4-3-5-11-7-13(17-14(9)11)15(19)16-8-12-6-10(2)20-18-12/h3-5,10,12-13,17-18H,6-8H2,1-2H3,(H,16,19). The lowest BCUT2D eigenvalue weighted by molar-refractivity contribution is -0.121. The van der Waals surface area contributed by atoms with Crippen molar-refractivity contribution in [3.05, 3.63) is 29.3 Å². The van der Waals surface area contributed by atoms with Crippen molar-refractivity contribution < 1.29 is 9.63 Å². The molecule has 3 N–H and O–H groups in total. The van der Waals surface area contributed by atoms with Gasteiger partial charge in [-0.15, -0.1) is 0 Å². The monoisotopic (exact) mass is 275 g/mol. The van der Waals surface area contributed by atoms with Gasteiger partial charge in [-0.05, 0) is 31.4 Å². The third kappa shape index (κ3) is 2.64. The van der Waals surface area contributed by atoms with E-state index in [0.29, 0.717) is 6.54 Å². The van der Waals surface area contributed by atoms with E-state index in [2.05, 4.69) is 35.2 Å². The molecule has 2 aliphatic heterocycles. The van der Waals surface area contributed by atoms with Crippen molar-refractivity contribution >= 4 is 11.6 Å². The number of hydrogen-bond acceptors (Lipinski definition) is 4. The highest BCUT2D eigenvalue weighted by atomic mass is 16.7. The molecule has 5 heteroatoms. The van der Waals surface area contributed by atoms with E-state index in [1.165, 1.54) is 11.1 Å². The molecule has 1 fully saturated rings. The van der Waals surface area contributed by atoms with Crippen LogP contribution in [0.25, 0.3) is 0 Å². The van der Waals surface area contributed by atoms with Gasteiger partial charge in [-0.1, -0.05) is 18.2 Å². The van der Waals surface area contributed by atoms with Gasteiger partial charge in [0.15, 0.2) is 0 Å². The molecular weight excluding hydrogens is 254 g/mol. The Balaban J connectivity index is 1.54. The maximum Gasteiger partial charge on any atom is 0.242 e. The summed E-state index contributed by atoms with van der Waals surface area (Å²) in [6.07, 6.45) is 1.90. The first-order valence-corrected chi connectivity index (χ1v) is 7.17. The molecule has 3 unspecified atom stereocenters. The van der Waals surface area contributed by atoms with Crippen molar-refractivity contribution in [3.8, 4) is 0 Å². The summed E-state index contributed by atoms with van der Waals surface area (Å²) in [6, 6.07) is 6.23. The molecule has 0 spiro atoms. The Labute approximate surface area is 119 Å². The molecule has 1 saturated heterocycles. The number of amides is 1. The SMILES string of the molecule is Cc1cccc2c1NC(C(=O)NCC1CC(C)ON1)C2. The predicted molar refractivity (Wildman–Crippen MR) is 77.4 cm³/mol. The smallest absolute Gasteiger partial charge is 0.242 e. The van der Waals surface area contributed by atoms with Crippen LogP contribution in [0.15, 0.2) is 18.2 Å². The molecule has 2 aliphatic rings. The molecule has 5 nitrogen and oxygen atoms in total. The van der Waals surface area contributed by atoms with E-state index >= 15 is 0 Å². The summed E-state index contributed by atoms with van der Waals surface area (Å²) in [7, 11) is 0. The molecule has 3 atom stereocenters. The first-order valence-electron chi connectivity index (χ1n) is 7.17. The number of fused-ring (bicyclic) bond motifs is 1. The van der Waals surface area contributed by atoms with E-state index in [1.54, 1.807) is 0 Å². The van der Waals surface area contributed by atoms with E-state index in [9.17, 15) is 4.79 Å². The Bertz CT molecular complexity index is 518. The zero-order valence-electron chi connectivity index (χ0n) is 11.9. The lowest BCUT2D eigenvalue weighted by Gasteiger charge is -2.14. The number of hydroxylamine groups is 1. The van der Waals surface area contributed by atoms with Crippen molar-refractivity contribution in [2.45, 2.75) is 44.9 Å². The third-order valence-corrected chi connectivity index (χ3v) is 3.99. The van der Waals surface area contributed by atoms with Crippen LogP contribution >= 0.6 is 0 Å². The number of aryl methyl sites for hydroxylation is 1. The van der Waals surface area contributed by atoms with Gasteiger partial charge in [-0.25, -0.2) is 0 Å². The predicted octanol–water partition coefficient (Wildman–Crippen LogP) is 1.13. The molecule has 1 aromatic carbocycles. The second kappa shape index (κ2) is 5.42. The Morgan fingerprint density at radius 1 is 1.50 bits per heavy atom. The number of nitrogens with one attached hydrogen (secondary N) is 3. The van der Waals surface area contributed by atoms with E-state index in [1.807, 2.05) is 13.0 Å². The molecule has 0 radical (unpaired) electrons. The van der Waals surface area contributed by atoms with Gasteiger partial charge in [-0.3, -0.25) is 9.63 Å². The average molecular weight is 275 g/mol. The van der Waals surface area contributed by atoms with Crippen molar-refractivity contribution in [1.82, 2.24) is 10.8 Å². The summed E-state index contributed by atoms with van der Waals surface area (Å²) in [5.41, 5.74) is 6.47. The molecule has 1 aromatic rings. The van der Waals surface area contributed by atoms with E-state index in [0.717, 1.165) is 18.5 Å². The van der Waals surface area contributed by atoms with Crippen LogP contribution in [0, 0.1) is 6.92 Å². The number of para-hydroxylation sites is 1. The molecular formula is C15H21N3O2. The Kier molecular flexibility index (Phi) is 3.63. The quantitative estimate of drug-likeness (QED) is 0.774. The normalized spacial score (nSPS) is 28.0. The van der Waals surface area contributed by atoms with Gasteiger partial charge in [0, 0.05) is 18.7 Å². The zero-order chi connectivity index (χ0) is 14.1. The van der Waals surface area contributed by atoms with E-state index < -0.39 is 0 Å². The molecule has 2 heterocycles. The highest BCUT2D eigenvalue weighted by Gasteiger charge is 2.28. The van der Waals surface area contributed by atoms with Crippen molar-refractivity contribution in [3.63, 3.8) is 0 Å². The Hall–Kier alpha value is -1.59. The lowest BCUT2D eigenvalue weighted by Crippen LogP contribution is -2.43. The molecule has 20 heavy (non-hydrogen) atoms. The molecule has 1 amide bonds. The second-order valence-electron chi connectivity index (χ2n) is 5.73. The van der Waals surface area contributed by atoms with Crippen LogP contribution in [0.3, 0.4) is 0 Å². The summed E-state index contributed by atoms with van der Waals surface area (Å²) >= 11 is 0. The number of anilines is 1. The van der Waals surface area contributed by atoms with Crippen LogP contribution in [0.5, 0.6) is 0 Å². The first-order chi connectivity index (χ1) is 9.63. The molecule has 0 saturated carbocycles. The van der Waals surface area contributed by atoms with E-state index in [4.69, 9.17) is 4.84 Å². The summed E-state index contributed by atoms with van der Waals surface area (Å²) in [6.45, 7) is 4.69. The van der Waals surface area contributed by atoms with Crippen LogP contribution in [0.2, 0.25) is 0 Å². The average Bonchev–Trinajstić information content (AvgIpc) is 3.03. The zero-order valence-corrected chi connectivity index (χ0v) is 11.9. The fourth-order valence-electron chi connectivity index (χ4n) is 2.89. The highest BCUT2D eigenvalue weighted by Crippen LogP contribution is 2.28. The number of carbonyl (C=O) groups excluding carboxylic acids is 1. The molecule has 0 bridgehead atoms. The molecule has 3 rings (SSSR count). The molecule has 0 aliphatic carbocycles. The van der Waals surface area contributed by atoms with Gasteiger partial charge in [0.2, 0.25) is 5.91 Å². The minimum Gasteiger partial charge on any atom is -0.373 e. The van der Waals surface area contributed by atoms with Gasteiger partial charge in [0.1, 0.15) is 6.04 Å². The number of rotatable bonds is 3. The maximum absolute atomic E-state index is 12.2. The summed E-state index contributed by atoms with van der Waals surface area (Å²) < 4.78 is 0. The van der Waals surface area contributed by atoms with Gasteiger partial charge in [0.25, 0.3) is 0 Å². The molecule has 108 valence electrons. The third-order valence-electron chi connectivity index (χ3n) is 3.99. The van der Waals surface area contributed by atoms with Crippen LogP contribution in [-0.4, -0.2) is 30.6 Å². The second-order valence-corrected chi connectivity index (χ2v) is 5.73. The van der Waals surface area contributed by atoms with Gasteiger partial charge >= 0.3 is 0 Å². The topological polar surface area (TPSA) is 62.4 Å². The fourth-order valence-corrected chi connectivity index (χ4v) is 2.89. The lowest BCUT2D eigenvalue weighted by atomic mass is 10.1. The largest absolute Gasteiger partial charge is 0.373 e. The van der Waals surface area contributed by atoms with Crippen LogP contribution in [0.1, 0.15) is 24.5 Å². The number of hydrogen-bond donors (Lipinski definition) is 3. The number of carbonyl (C=O) groups is 1. The van der Waals surface area contributed by atoms with Gasteiger partial charge in [0.05, 0.1) is 12.1 Å². The fraction of sp³-hybridized carbons (Fsp3) is 0.533. The molecule has 0 aromatic heterocycles. The summed E-state index contributed by atoms with van der Waals surface area (Å²) in [4.78, 5) is 17.5. The van der Waals surface area contributed by atoms with Crippen molar-refractivity contribution in [2.75, 3.05) is 11.9 Å². The maximum atomic E-state index is 12.2. The van der Waals surface area contributed by atoms with Crippen LogP contribution in [0.4, 0.5) is 5.69 Å². The van der Waals surface area contributed by atoms with Gasteiger partial charge < -0.3 is 10.6 Å². The number of benzene rings is 1. The van der Waals surface area contributed by atoms with E-state index in [-0.39, 0.29) is 24.1 Å². The summed E-state index contributed by atoms with van der Waals surface area (Å²) in [5, 5.41) is 6.32. The minimum absolute atomic E-state index is 0.0574. The van der Waals surface area contributed by atoms with Crippen LogP contribution in [-0.2, 0) is 16.1 Å². The Morgan fingerprint density at radius 3 is 3.05 bits per heavy atom. The van der Waals surface area contributed by atoms with Crippen molar-refractivity contribution in [2.24, 2.45) is 0 Å². The summed E-state index contributed by atoms with van der Waals surface area (Å²) in [5.74, 6) is 0.0574. The highest BCUT2D eigenvalue weighted by molar-refractivity contribution is 5.87. The van der Waals surface area contributed by atoms with Crippen molar-refractivity contribution in [1.29, 1.82) is 0 Å². The van der Waals surface area contributed by atoms with Crippen LogP contribution < -0.4 is 16.1 Å². The minimum atomic E-state index is -0.161.